The van der Waals surface area contributed by atoms with E-state index in [-0.39, 0.29) is 0 Å². The third-order valence-corrected chi connectivity index (χ3v) is 2.23. The van der Waals surface area contributed by atoms with Crippen LogP contribution in [0, 0.1) is 0 Å². The summed E-state index contributed by atoms with van der Waals surface area (Å²) in [6, 6.07) is 5.72. The Hall–Kier alpha value is -0.670. The molecule has 0 atom stereocenters. The third-order valence-electron chi connectivity index (χ3n) is 1.77. The van der Waals surface area contributed by atoms with Gasteiger partial charge in [0.1, 0.15) is 5.75 Å². The molecule has 0 saturated carbocycles. The molecule has 1 aromatic carbocycles. The average molecular weight is 168 g/mol. The van der Waals surface area contributed by atoms with E-state index in [1.165, 1.54) is 5.56 Å². The lowest BCUT2D eigenvalue weighted by atomic mass is 10.2. The normalized spacial score (nSPS) is 14.3. The highest BCUT2D eigenvalue weighted by atomic mass is 32.2. The quantitative estimate of drug-likeness (QED) is 0.652. The lowest BCUT2D eigenvalue weighted by Crippen LogP contribution is -1.85. The van der Waals surface area contributed by atoms with E-state index in [1.807, 2.05) is 18.2 Å². The van der Waals surface area contributed by atoms with E-state index < -0.39 is 0 Å². The predicted octanol–water partition coefficient (Wildman–Crippen LogP) is 2.19. The second-order valence-electron chi connectivity index (χ2n) is 2.46. The minimum absolute atomic E-state index is 0.773. The summed E-state index contributed by atoms with van der Waals surface area (Å²) in [7, 11) is 0. The molecule has 1 aliphatic heterocycles. The van der Waals surface area contributed by atoms with E-state index in [1.54, 1.807) is 0 Å². The van der Waals surface area contributed by atoms with Gasteiger partial charge in [0.25, 0.3) is 0 Å². The van der Waals surface area contributed by atoms with Crippen LogP contribution in [-0.4, -0.2) is 11.2 Å². The SMILES string of the molecule is OSc1ccc2c(c1)CCO2. The van der Waals surface area contributed by atoms with E-state index in [2.05, 4.69) is 0 Å². The van der Waals surface area contributed by atoms with Crippen molar-refractivity contribution in [2.45, 2.75) is 11.3 Å². The monoisotopic (exact) mass is 168 g/mol. The Morgan fingerprint density at radius 1 is 1.45 bits per heavy atom. The molecular formula is C8H8O2S. The van der Waals surface area contributed by atoms with E-state index in [4.69, 9.17) is 9.29 Å². The molecule has 0 aromatic heterocycles. The third kappa shape index (κ3) is 1.21. The first-order valence-electron chi connectivity index (χ1n) is 3.47. The van der Waals surface area contributed by atoms with Crippen molar-refractivity contribution in [2.24, 2.45) is 0 Å². The zero-order valence-electron chi connectivity index (χ0n) is 5.91. The molecule has 0 radical (unpaired) electrons. The van der Waals surface area contributed by atoms with Crippen molar-refractivity contribution < 1.29 is 9.29 Å². The second kappa shape index (κ2) is 2.75. The van der Waals surface area contributed by atoms with Crippen molar-refractivity contribution in [3.8, 4) is 5.75 Å². The lowest BCUT2D eigenvalue weighted by molar-refractivity contribution is 0.356. The number of benzene rings is 1. The molecule has 11 heavy (non-hydrogen) atoms. The van der Waals surface area contributed by atoms with Crippen LogP contribution in [0.4, 0.5) is 0 Å². The fourth-order valence-electron chi connectivity index (χ4n) is 1.22. The number of rotatable bonds is 1. The molecule has 1 aliphatic rings. The molecule has 0 amide bonds. The van der Waals surface area contributed by atoms with Crippen LogP contribution < -0.4 is 4.74 Å². The Kier molecular flexibility index (Phi) is 1.75. The summed E-state index contributed by atoms with van der Waals surface area (Å²) in [5, 5.41) is 0. The summed E-state index contributed by atoms with van der Waals surface area (Å²) in [5.74, 6) is 0.961. The molecule has 1 aromatic rings. The van der Waals surface area contributed by atoms with Crippen molar-refractivity contribution in [1.29, 1.82) is 0 Å². The topological polar surface area (TPSA) is 29.5 Å². The molecule has 0 unspecified atom stereocenters. The van der Waals surface area contributed by atoms with Gasteiger partial charge >= 0.3 is 0 Å². The van der Waals surface area contributed by atoms with Gasteiger partial charge in [0.05, 0.1) is 6.61 Å². The maximum Gasteiger partial charge on any atom is 0.122 e. The van der Waals surface area contributed by atoms with E-state index in [0.29, 0.717) is 0 Å². The van der Waals surface area contributed by atoms with Crippen molar-refractivity contribution in [2.75, 3.05) is 6.61 Å². The van der Waals surface area contributed by atoms with Crippen molar-refractivity contribution >= 4 is 12.0 Å². The van der Waals surface area contributed by atoms with Crippen LogP contribution in [0.25, 0.3) is 0 Å². The molecule has 0 bridgehead atoms. The maximum absolute atomic E-state index is 8.74. The Morgan fingerprint density at radius 3 is 3.18 bits per heavy atom. The Morgan fingerprint density at radius 2 is 2.36 bits per heavy atom. The lowest BCUT2D eigenvalue weighted by Gasteiger charge is -1.98. The fraction of sp³-hybridized carbons (Fsp3) is 0.250. The summed E-state index contributed by atoms with van der Waals surface area (Å²) >= 11 is 0.779. The van der Waals surface area contributed by atoms with Crippen LogP contribution in [0.5, 0.6) is 5.75 Å². The Balaban J connectivity index is 2.41. The van der Waals surface area contributed by atoms with Crippen LogP contribution >= 0.6 is 12.0 Å². The zero-order valence-corrected chi connectivity index (χ0v) is 6.73. The van der Waals surface area contributed by atoms with Crippen molar-refractivity contribution in [3.05, 3.63) is 23.8 Å². The molecule has 0 aliphatic carbocycles. The number of fused-ring (bicyclic) bond motifs is 1. The predicted molar refractivity (Wildman–Crippen MR) is 44.1 cm³/mol. The highest BCUT2D eigenvalue weighted by molar-refractivity contribution is 7.93. The van der Waals surface area contributed by atoms with Gasteiger partial charge in [-0.15, -0.1) is 0 Å². The summed E-state index contributed by atoms with van der Waals surface area (Å²) in [6.45, 7) is 0.773. The molecule has 58 valence electrons. The molecule has 3 heteroatoms. The molecule has 0 spiro atoms. The highest BCUT2D eigenvalue weighted by Crippen LogP contribution is 2.28. The summed E-state index contributed by atoms with van der Waals surface area (Å²) in [4.78, 5) is 0.884. The minimum Gasteiger partial charge on any atom is -0.493 e. The summed E-state index contributed by atoms with van der Waals surface area (Å²) in [5.41, 5.74) is 1.20. The van der Waals surface area contributed by atoms with Crippen LogP contribution in [0.3, 0.4) is 0 Å². The first-order valence-corrected chi connectivity index (χ1v) is 4.24. The van der Waals surface area contributed by atoms with E-state index in [9.17, 15) is 0 Å². The maximum atomic E-state index is 8.74. The van der Waals surface area contributed by atoms with E-state index in [0.717, 1.165) is 35.7 Å². The van der Waals surface area contributed by atoms with Gasteiger partial charge in [0.2, 0.25) is 0 Å². The van der Waals surface area contributed by atoms with Crippen LogP contribution in [0.15, 0.2) is 23.1 Å². The van der Waals surface area contributed by atoms with Crippen LogP contribution in [0.1, 0.15) is 5.56 Å². The van der Waals surface area contributed by atoms with Crippen LogP contribution in [-0.2, 0) is 6.42 Å². The van der Waals surface area contributed by atoms with Gasteiger partial charge in [-0.2, -0.15) is 0 Å². The molecule has 2 nitrogen and oxygen atoms in total. The first kappa shape index (κ1) is 7.00. The molecule has 0 fully saturated rings. The van der Waals surface area contributed by atoms with Gasteiger partial charge in [-0.1, -0.05) is 0 Å². The molecule has 1 N–H and O–H groups in total. The fourth-order valence-corrected chi connectivity index (χ4v) is 1.54. The van der Waals surface area contributed by atoms with Gasteiger partial charge in [0, 0.05) is 23.4 Å². The molecule has 2 rings (SSSR count). The Labute approximate surface area is 69.4 Å². The highest BCUT2D eigenvalue weighted by Gasteiger charge is 2.11. The van der Waals surface area contributed by atoms with E-state index >= 15 is 0 Å². The number of hydrogen-bond acceptors (Lipinski definition) is 3. The van der Waals surface area contributed by atoms with Gasteiger partial charge in [-0.05, 0) is 23.8 Å². The second-order valence-corrected chi connectivity index (χ2v) is 3.11. The van der Waals surface area contributed by atoms with Gasteiger partial charge in [0.15, 0.2) is 0 Å². The summed E-state index contributed by atoms with van der Waals surface area (Å²) in [6.07, 6.45) is 0.962. The van der Waals surface area contributed by atoms with Crippen molar-refractivity contribution in [3.63, 3.8) is 0 Å². The minimum atomic E-state index is 0.773. The smallest absolute Gasteiger partial charge is 0.122 e. The van der Waals surface area contributed by atoms with Gasteiger partial charge < -0.3 is 9.29 Å². The van der Waals surface area contributed by atoms with Gasteiger partial charge in [-0.25, -0.2) is 0 Å². The summed E-state index contributed by atoms with van der Waals surface area (Å²) < 4.78 is 14.1. The number of ether oxygens (including phenoxy) is 1. The first-order chi connectivity index (χ1) is 5.40. The zero-order chi connectivity index (χ0) is 7.68. The molecule has 1 heterocycles. The largest absolute Gasteiger partial charge is 0.493 e. The average Bonchev–Trinajstić information content (AvgIpc) is 2.50. The number of hydrogen-bond donors (Lipinski definition) is 1. The van der Waals surface area contributed by atoms with Crippen molar-refractivity contribution in [1.82, 2.24) is 0 Å². The van der Waals surface area contributed by atoms with Crippen LogP contribution in [0.2, 0.25) is 0 Å². The standard InChI is InChI=1S/C8H8O2S/c9-11-7-1-2-8-6(5-7)3-4-10-8/h1-2,5,9H,3-4H2. The molecular weight excluding hydrogens is 160 g/mol. The van der Waals surface area contributed by atoms with Gasteiger partial charge in [-0.3, -0.25) is 0 Å². The molecule has 0 saturated heterocycles. The Bertz CT molecular complexity index is 273.